The summed E-state index contributed by atoms with van der Waals surface area (Å²) in [7, 11) is 0. The van der Waals surface area contributed by atoms with Crippen molar-refractivity contribution in [2.75, 3.05) is 13.1 Å². The summed E-state index contributed by atoms with van der Waals surface area (Å²) in [6.07, 6.45) is 0.547. The molecule has 0 N–H and O–H groups in total. The van der Waals surface area contributed by atoms with Crippen molar-refractivity contribution in [3.05, 3.63) is 53.1 Å². The Morgan fingerprint density at radius 2 is 2.00 bits per heavy atom. The first-order chi connectivity index (χ1) is 15.4. The quantitative estimate of drug-likeness (QED) is 0.537. The molecular weight excluding hydrogens is 421 g/mol. The Balaban J connectivity index is 1.41. The predicted molar refractivity (Wildman–Crippen MR) is 112 cm³/mol. The van der Waals surface area contributed by atoms with Gasteiger partial charge in [0.2, 0.25) is 5.91 Å². The van der Waals surface area contributed by atoms with Crippen LogP contribution in [0, 0.1) is 0 Å². The summed E-state index contributed by atoms with van der Waals surface area (Å²) in [5, 5.41) is 3.93. The van der Waals surface area contributed by atoms with E-state index in [4.69, 9.17) is 4.52 Å². The van der Waals surface area contributed by atoms with Gasteiger partial charge in [-0.3, -0.25) is 9.78 Å². The van der Waals surface area contributed by atoms with E-state index in [0.717, 1.165) is 18.2 Å². The van der Waals surface area contributed by atoms with E-state index >= 15 is 0 Å². The number of alkyl halides is 3. The Morgan fingerprint density at radius 3 is 2.66 bits per heavy atom. The van der Waals surface area contributed by atoms with Gasteiger partial charge in [-0.1, -0.05) is 18.1 Å². The van der Waals surface area contributed by atoms with Gasteiger partial charge in [0.25, 0.3) is 5.71 Å². The first kappa shape index (κ1) is 22.2. The number of carbonyl (C=O) groups is 1. The van der Waals surface area contributed by atoms with E-state index in [2.05, 4.69) is 15.1 Å². The summed E-state index contributed by atoms with van der Waals surface area (Å²) in [5.74, 6) is -0.140. The number of hydrogen-bond acceptors (Lipinski definition) is 5. The fraction of sp³-hybridized carbons (Fsp3) is 0.478. The molecule has 170 valence electrons. The zero-order valence-corrected chi connectivity index (χ0v) is 17.9. The van der Waals surface area contributed by atoms with E-state index in [1.165, 1.54) is 0 Å². The Morgan fingerprint density at radius 1 is 1.22 bits per heavy atom. The highest BCUT2D eigenvalue weighted by Gasteiger charge is 2.38. The van der Waals surface area contributed by atoms with Gasteiger partial charge in [0.15, 0.2) is 0 Å². The Labute approximate surface area is 183 Å². The normalized spacial score (nSPS) is 15.4. The average molecular weight is 446 g/mol. The lowest BCUT2D eigenvalue weighted by atomic mass is 9.90. The van der Waals surface area contributed by atoms with Crippen molar-refractivity contribution in [3.8, 4) is 0 Å². The van der Waals surface area contributed by atoms with E-state index in [1.54, 1.807) is 18.0 Å². The number of halogens is 3. The maximum Gasteiger partial charge on any atom is 0.417 e. The van der Waals surface area contributed by atoms with Gasteiger partial charge in [-0.2, -0.15) is 13.2 Å². The number of aromatic nitrogens is 3. The molecule has 0 radical (unpaired) electrons. The molecule has 32 heavy (non-hydrogen) atoms. The van der Waals surface area contributed by atoms with Crippen LogP contribution in [0.5, 0.6) is 0 Å². The van der Waals surface area contributed by atoms with Crippen molar-refractivity contribution in [3.63, 3.8) is 0 Å². The lowest BCUT2D eigenvalue weighted by Gasteiger charge is -2.31. The highest BCUT2D eigenvalue weighted by atomic mass is 19.4. The molecule has 3 aromatic heterocycles. The number of aryl methyl sites for hydroxylation is 2. The first-order valence-corrected chi connectivity index (χ1v) is 10.9. The molecule has 6 nitrogen and oxygen atoms in total. The molecule has 1 saturated heterocycles. The van der Waals surface area contributed by atoms with Crippen LogP contribution in [0.15, 0.2) is 35.0 Å². The summed E-state index contributed by atoms with van der Waals surface area (Å²) in [5.41, 5.74) is 0.754. The second kappa shape index (κ2) is 9.26. The van der Waals surface area contributed by atoms with Crippen LogP contribution in [-0.4, -0.2) is 39.0 Å². The van der Waals surface area contributed by atoms with Crippen molar-refractivity contribution in [2.45, 2.75) is 57.5 Å². The van der Waals surface area contributed by atoms with Gasteiger partial charge < -0.3 is 9.42 Å². The van der Waals surface area contributed by atoms with Crippen LogP contribution < -0.4 is 0 Å². The van der Waals surface area contributed by atoms with Gasteiger partial charge in [-0.15, -0.1) is 0 Å². The lowest BCUT2D eigenvalue weighted by molar-refractivity contribution is -0.136. The maximum atomic E-state index is 13.7. The SMILES string of the molecule is CCc1cc(C(F)(F)F)c2c(C3CCN(C(=O)CCCc4ccccn4)CC3)noc2n1. The molecule has 0 atom stereocenters. The second-order valence-electron chi connectivity index (χ2n) is 8.09. The third-order valence-corrected chi connectivity index (χ3v) is 5.98. The van der Waals surface area contributed by atoms with Crippen molar-refractivity contribution in [1.29, 1.82) is 0 Å². The minimum Gasteiger partial charge on any atom is -0.343 e. The summed E-state index contributed by atoms with van der Waals surface area (Å²) in [4.78, 5) is 22.8. The van der Waals surface area contributed by atoms with Crippen molar-refractivity contribution in [2.24, 2.45) is 0 Å². The molecule has 0 saturated carbocycles. The topological polar surface area (TPSA) is 72.1 Å². The molecule has 0 unspecified atom stereocenters. The molecule has 0 spiro atoms. The van der Waals surface area contributed by atoms with E-state index in [-0.39, 0.29) is 22.9 Å². The number of nitrogens with zero attached hydrogens (tertiary/aromatic N) is 4. The molecule has 0 aliphatic carbocycles. The van der Waals surface area contributed by atoms with Crippen LogP contribution in [0.25, 0.3) is 11.1 Å². The molecule has 1 aliphatic rings. The summed E-state index contributed by atoms with van der Waals surface area (Å²) >= 11 is 0. The van der Waals surface area contributed by atoms with Crippen LogP contribution in [-0.2, 0) is 23.8 Å². The van der Waals surface area contributed by atoms with Crippen LogP contribution >= 0.6 is 0 Å². The van der Waals surface area contributed by atoms with Gasteiger partial charge in [-0.25, -0.2) is 4.98 Å². The van der Waals surface area contributed by atoms with Gasteiger partial charge in [0, 0.05) is 43.0 Å². The monoisotopic (exact) mass is 446 g/mol. The van der Waals surface area contributed by atoms with Crippen molar-refractivity contribution >= 4 is 17.0 Å². The summed E-state index contributed by atoms with van der Waals surface area (Å²) in [6, 6.07) is 6.80. The van der Waals surface area contributed by atoms with Crippen LogP contribution in [0.4, 0.5) is 13.2 Å². The Hall–Kier alpha value is -2.97. The third-order valence-electron chi connectivity index (χ3n) is 5.98. The van der Waals surface area contributed by atoms with Crippen molar-refractivity contribution < 1.29 is 22.5 Å². The molecule has 1 aliphatic heterocycles. The second-order valence-corrected chi connectivity index (χ2v) is 8.09. The number of hydrogen-bond donors (Lipinski definition) is 0. The molecule has 4 heterocycles. The molecule has 9 heteroatoms. The zero-order chi connectivity index (χ0) is 22.7. The van der Waals surface area contributed by atoms with E-state index in [1.807, 2.05) is 18.2 Å². The van der Waals surface area contributed by atoms with E-state index < -0.39 is 11.7 Å². The molecule has 1 fully saturated rings. The van der Waals surface area contributed by atoms with E-state index in [0.29, 0.717) is 56.6 Å². The zero-order valence-electron chi connectivity index (χ0n) is 17.9. The number of carbonyl (C=O) groups excluding carboxylic acids is 1. The number of likely N-dealkylation sites (tertiary alicyclic amines) is 1. The first-order valence-electron chi connectivity index (χ1n) is 10.9. The largest absolute Gasteiger partial charge is 0.417 e. The minimum atomic E-state index is -4.52. The summed E-state index contributed by atoms with van der Waals surface area (Å²) < 4.78 is 46.3. The number of amides is 1. The molecule has 4 rings (SSSR count). The fourth-order valence-electron chi connectivity index (χ4n) is 4.23. The number of piperidine rings is 1. The van der Waals surface area contributed by atoms with Gasteiger partial charge in [-0.05, 0) is 50.3 Å². The fourth-order valence-corrected chi connectivity index (χ4v) is 4.23. The smallest absolute Gasteiger partial charge is 0.343 e. The highest BCUT2D eigenvalue weighted by Crippen LogP contribution is 2.40. The maximum absolute atomic E-state index is 13.7. The molecule has 0 aromatic carbocycles. The van der Waals surface area contributed by atoms with Crippen LogP contribution in [0.1, 0.15) is 61.2 Å². The van der Waals surface area contributed by atoms with Crippen molar-refractivity contribution in [1.82, 2.24) is 20.0 Å². The molecule has 1 amide bonds. The van der Waals surface area contributed by atoms with Crippen LogP contribution in [0.3, 0.4) is 0 Å². The average Bonchev–Trinajstić information content (AvgIpc) is 3.22. The van der Waals surface area contributed by atoms with E-state index in [9.17, 15) is 18.0 Å². The lowest BCUT2D eigenvalue weighted by Crippen LogP contribution is -2.38. The molecular formula is C23H25F3N4O2. The van der Waals surface area contributed by atoms with Gasteiger partial charge in [0.05, 0.1) is 16.6 Å². The van der Waals surface area contributed by atoms with Crippen LogP contribution in [0.2, 0.25) is 0 Å². The van der Waals surface area contributed by atoms with Gasteiger partial charge in [0.1, 0.15) is 0 Å². The number of fused-ring (bicyclic) bond motifs is 1. The van der Waals surface area contributed by atoms with Gasteiger partial charge >= 0.3 is 6.18 Å². The Bertz CT molecular complexity index is 1070. The summed E-state index contributed by atoms with van der Waals surface area (Å²) in [6.45, 7) is 2.72. The standard InChI is InChI=1S/C23H25F3N4O2/c1-2-16-14-18(23(24,25)26)20-21(29-32-22(20)28-16)15-9-12-30(13-10-15)19(31)8-5-7-17-6-3-4-11-27-17/h3-4,6,11,14-15H,2,5,7-10,12-13H2,1H3. The minimum absolute atomic E-state index is 0.0464. The highest BCUT2D eigenvalue weighted by molar-refractivity contribution is 5.82. The third kappa shape index (κ3) is 4.76. The molecule has 3 aromatic rings. The number of rotatable bonds is 6. The molecule has 0 bridgehead atoms. The predicted octanol–water partition coefficient (Wildman–Crippen LogP) is 4.93. The Kier molecular flexibility index (Phi) is 6.43. The number of pyridine rings is 2.